The SMILES string of the molecule is CCCCCNc1nc2ccc(C)cn2c(=O)c1C=C1SC(=S)N(CC(C)C)C1=O. The van der Waals surface area contributed by atoms with Crippen LogP contribution in [0.4, 0.5) is 5.82 Å². The average molecular weight is 445 g/mol. The predicted octanol–water partition coefficient (Wildman–Crippen LogP) is 4.46. The van der Waals surface area contributed by atoms with E-state index in [1.165, 1.54) is 16.2 Å². The summed E-state index contributed by atoms with van der Waals surface area (Å²) in [7, 11) is 0. The van der Waals surface area contributed by atoms with Crippen LogP contribution in [0.3, 0.4) is 0 Å². The van der Waals surface area contributed by atoms with Gasteiger partial charge in [0.25, 0.3) is 11.5 Å². The average Bonchev–Trinajstić information content (AvgIpc) is 2.95. The molecule has 3 rings (SSSR count). The predicted molar refractivity (Wildman–Crippen MR) is 129 cm³/mol. The lowest BCUT2D eigenvalue weighted by Crippen LogP contribution is -2.31. The molecule has 8 heteroatoms. The molecule has 0 spiro atoms. The van der Waals surface area contributed by atoms with Gasteiger partial charge in [0.15, 0.2) is 0 Å². The molecule has 6 nitrogen and oxygen atoms in total. The number of thioether (sulfide) groups is 1. The van der Waals surface area contributed by atoms with Crippen molar-refractivity contribution in [1.82, 2.24) is 14.3 Å². The van der Waals surface area contributed by atoms with Gasteiger partial charge < -0.3 is 5.32 Å². The Kier molecular flexibility index (Phi) is 7.31. The number of nitrogens with one attached hydrogen (secondary N) is 1. The zero-order chi connectivity index (χ0) is 21.8. The van der Waals surface area contributed by atoms with Crippen LogP contribution in [0.2, 0.25) is 0 Å². The van der Waals surface area contributed by atoms with Gasteiger partial charge in [0.05, 0.1) is 10.5 Å². The summed E-state index contributed by atoms with van der Waals surface area (Å²) in [5.74, 6) is 0.664. The molecular weight excluding hydrogens is 416 g/mol. The van der Waals surface area contributed by atoms with Gasteiger partial charge in [-0.15, -0.1) is 0 Å². The third kappa shape index (κ3) is 4.92. The minimum absolute atomic E-state index is 0.149. The van der Waals surface area contributed by atoms with E-state index in [2.05, 4.69) is 17.2 Å². The van der Waals surface area contributed by atoms with Crippen LogP contribution in [0, 0.1) is 12.8 Å². The normalized spacial score (nSPS) is 15.8. The lowest BCUT2D eigenvalue weighted by molar-refractivity contribution is -0.122. The van der Waals surface area contributed by atoms with Crippen LogP contribution in [-0.4, -0.2) is 37.6 Å². The van der Waals surface area contributed by atoms with Crippen molar-refractivity contribution in [3.8, 4) is 0 Å². The first-order valence-electron chi connectivity index (χ1n) is 10.3. The maximum atomic E-state index is 13.3. The Labute approximate surface area is 186 Å². The van der Waals surface area contributed by atoms with Crippen molar-refractivity contribution in [3.63, 3.8) is 0 Å². The fraction of sp³-hybridized carbons (Fsp3) is 0.455. The number of aryl methyl sites for hydroxylation is 1. The van der Waals surface area contributed by atoms with E-state index >= 15 is 0 Å². The first-order valence-corrected chi connectivity index (χ1v) is 11.6. The quantitative estimate of drug-likeness (QED) is 0.368. The fourth-order valence-corrected chi connectivity index (χ4v) is 4.52. The maximum absolute atomic E-state index is 13.3. The molecule has 0 atom stereocenters. The van der Waals surface area contributed by atoms with E-state index in [-0.39, 0.29) is 11.5 Å². The molecule has 0 radical (unpaired) electrons. The van der Waals surface area contributed by atoms with Crippen LogP contribution in [0.5, 0.6) is 0 Å². The second kappa shape index (κ2) is 9.75. The lowest BCUT2D eigenvalue weighted by atomic mass is 10.2. The van der Waals surface area contributed by atoms with Crippen LogP contribution in [0.25, 0.3) is 11.7 Å². The Morgan fingerprint density at radius 2 is 2.03 bits per heavy atom. The number of hydrogen-bond acceptors (Lipinski definition) is 6. The van der Waals surface area contributed by atoms with Crippen LogP contribution < -0.4 is 10.9 Å². The van der Waals surface area contributed by atoms with Gasteiger partial charge in [-0.1, -0.05) is 63.7 Å². The van der Waals surface area contributed by atoms with Gasteiger partial charge in [-0.25, -0.2) is 4.98 Å². The number of amides is 1. The Morgan fingerprint density at radius 1 is 1.27 bits per heavy atom. The standard InChI is InChI=1S/C22H28N4O2S2/c1-5-6-7-10-23-19-16(20(27)25-13-15(4)8-9-18(25)24-19)11-17-21(28)26(12-14(2)3)22(29)30-17/h8-9,11,13-14,23H,5-7,10,12H2,1-4H3. The molecule has 30 heavy (non-hydrogen) atoms. The van der Waals surface area contributed by atoms with Gasteiger partial charge in [-0.2, -0.15) is 0 Å². The van der Waals surface area contributed by atoms with E-state index < -0.39 is 0 Å². The Bertz CT molecular complexity index is 1060. The van der Waals surface area contributed by atoms with E-state index in [0.717, 1.165) is 31.4 Å². The van der Waals surface area contributed by atoms with E-state index in [1.807, 2.05) is 32.9 Å². The van der Waals surface area contributed by atoms with Crippen molar-refractivity contribution < 1.29 is 4.79 Å². The van der Waals surface area contributed by atoms with Gasteiger partial charge in [-0.3, -0.25) is 18.9 Å². The van der Waals surface area contributed by atoms with E-state index in [0.29, 0.717) is 38.7 Å². The molecule has 1 N–H and O–H groups in total. The topological polar surface area (TPSA) is 66.7 Å². The molecule has 160 valence electrons. The maximum Gasteiger partial charge on any atom is 0.267 e. The second-order valence-electron chi connectivity index (χ2n) is 7.93. The molecule has 1 fully saturated rings. The van der Waals surface area contributed by atoms with Crippen molar-refractivity contribution >= 4 is 51.7 Å². The molecule has 1 saturated heterocycles. The number of hydrogen-bond donors (Lipinski definition) is 1. The Hall–Kier alpha value is -2.19. The largest absolute Gasteiger partial charge is 0.369 e. The number of carbonyl (C=O) groups is 1. The van der Waals surface area contributed by atoms with Crippen molar-refractivity contribution in [1.29, 1.82) is 0 Å². The first kappa shape index (κ1) is 22.5. The lowest BCUT2D eigenvalue weighted by Gasteiger charge is -2.16. The molecule has 1 aliphatic heterocycles. The highest BCUT2D eigenvalue weighted by Crippen LogP contribution is 2.33. The summed E-state index contributed by atoms with van der Waals surface area (Å²) in [6.07, 6.45) is 6.61. The molecule has 0 aliphatic carbocycles. The van der Waals surface area contributed by atoms with Crippen molar-refractivity contribution in [2.24, 2.45) is 5.92 Å². The van der Waals surface area contributed by atoms with Crippen LogP contribution in [-0.2, 0) is 4.79 Å². The van der Waals surface area contributed by atoms with Crippen LogP contribution >= 0.6 is 24.0 Å². The number of nitrogens with zero attached hydrogens (tertiary/aromatic N) is 3. The molecular formula is C22H28N4O2S2. The minimum Gasteiger partial charge on any atom is -0.369 e. The summed E-state index contributed by atoms with van der Waals surface area (Å²) in [6.45, 7) is 9.45. The third-order valence-corrected chi connectivity index (χ3v) is 6.15. The minimum atomic E-state index is -0.198. The van der Waals surface area contributed by atoms with Gasteiger partial charge in [0.1, 0.15) is 15.8 Å². The highest BCUT2D eigenvalue weighted by molar-refractivity contribution is 8.26. The molecule has 0 saturated carbocycles. The monoisotopic (exact) mass is 444 g/mol. The smallest absolute Gasteiger partial charge is 0.267 e. The zero-order valence-electron chi connectivity index (χ0n) is 17.9. The number of pyridine rings is 1. The number of aromatic nitrogens is 2. The number of anilines is 1. The Morgan fingerprint density at radius 3 is 2.73 bits per heavy atom. The van der Waals surface area contributed by atoms with Crippen LogP contribution in [0.1, 0.15) is 51.2 Å². The first-order chi connectivity index (χ1) is 14.3. The summed E-state index contributed by atoms with van der Waals surface area (Å²) in [5, 5.41) is 3.30. The van der Waals surface area contributed by atoms with E-state index in [1.54, 1.807) is 17.2 Å². The highest BCUT2D eigenvalue weighted by Gasteiger charge is 2.32. The van der Waals surface area contributed by atoms with Gasteiger partial charge in [0.2, 0.25) is 0 Å². The molecule has 2 aromatic heterocycles. The van der Waals surface area contributed by atoms with Gasteiger partial charge in [-0.05, 0) is 37.0 Å². The Balaban J connectivity index is 2.05. The summed E-state index contributed by atoms with van der Waals surface area (Å²) in [4.78, 5) is 32.9. The summed E-state index contributed by atoms with van der Waals surface area (Å²) in [6, 6.07) is 3.76. The third-order valence-electron chi connectivity index (χ3n) is 4.78. The molecule has 0 aromatic carbocycles. The summed E-state index contributed by atoms with van der Waals surface area (Å²) < 4.78 is 2.06. The van der Waals surface area contributed by atoms with Gasteiger partial charge in [0, 0.05) is 19.3 Å². The number of rotatable bonds is 8. The fourth-order valence-electron chi connectivity index (χ4n) is 3.26. The molecule has 0 bridgehead atoms. The number of fused-ring (bicyclic) bond motifs is 1. The molecule has 0 unspecified atom stereocenters. The number of unbranched alkanes of at least 4 members (excludes halogenated alkanes) is 2. The van der Waals surface area contributed by atoms with E-state index in [4.69, 9.17) is 12.2 Å². The molecule has 1 aliphatic rings. The molecule has 3 heterocycles. The summed E-state index contributed by atoms with van der Waals surface area (Å²) >= 11 is 6.64. The highest BCUT2D eigenvalue weighted by atomic mass is 32.2. The van der Waals surface area contributed by atoms with Crippen molar-refractivity contribution in [3.05, 3.63) is 44.7 Å². The second-order valence-corrected chi connectivity index (χ2v) is 9.61. The van der Waals surface area contributed by atoms with Crippen molar-refractivity contribution in [2.45, 2.75) is 47.0 Å². The van der Waals surface area contributed by atoms with E-state index in [9.17, 15) is 9.59 Å². The van der Waals surface area contributed by atoms with Gasteiger partial charge >= 0.3 is 0 Å². The number of carbonyl (C=O) groups excluding carboxylic acids is 1. The number of thiocarbonyl (C=S) groups is 1. The summed E-state index contributed by atoms with van der Waals surface area (Å²) in [5.41, 5.74) is 1.73. The van der Waals surface area contributed by atoms with Crippen molar-refractivity contribution in [2.75, 3.05) is 18.4 Å². The van der Waals surface area contributed by atoms with Crippen LogP contribution in [0.15, 0.2) is 28.0 Å². The zero-order valence-corrected chi connectivity index (χ0v) is 19.5. The molecule has 2 aromatic rings. The molecule has 1 amide bonds.